The largest absolute Gasteiger partial charge is 0.387 e. The third-order valence-electron chi connectivity index (χ3n) is 5.76. The number of nitrogens with one attached hydrogen (secondary N) is 1. The number of aryl methyl sites for hydroxylation is 1. The van der Waals surface area contributed by atoms with Crippen molar-refractivity contribution in [1.82, 2.24) is 4.98 Å². The first-order valence-electron chi connectivity index (χ1n) is 10.4. The van der Waals surface area contributed by atoms with E-state index in [1.807, 2.05) is 42.5 Å². The van der Waals surface area contributed by atoms with E-state index in [-0.39, 0.29) is 11.7 Å². The van der Waals surface area contributed by atoms with Crippen LogP contribution in [0.2, 0.25) is 5.02 Å². The smallest absolute Gasteiger partial charge is 0.258 e. The molecule has 4 nitrogen and oxygen atoms in total. The standard InChI is InChI=1S/C26H21ClN2O2/c1-2-16-8-10-17(11-9-16)23-15-22(29-31-23)25-24(18-6-4-3-5-7-18)20-14-19(27)12-13-21(20)28-26(25)30/h3-14,23H,2,15H2,1H3,(H,28,30)/t23-/m0/s1. The second-order valence-corrected chi connectivity index (χ2v) is 8.13. The third kappa shape index (κ3) is 3.64. The zero-order chi connectivity index (χ0) is 21.4. The molecule has 0 saturated heterocycles. The maximum Gasteiger partial charge on any atom is 0.258 e. The van der Waals surface area contributed by atoms with Crippen molar-refractivity contribution in [2.75, 3.05) is 0 Å². The average molecular weight is 429 g/mol. The van der Waals surface area contributed by atoms with Crippen LogP contribution < -0.4 is 5.56 Å². The predicted molar refractivity (Wildman–Crippen MR) is 126 cm³/mol. The minimum Gasteiger partial charge on any atom is -0.387 e. The van der Waals surface area contributed by atoms with Crippen LogP contribution in [-0.2, 0) is 11.3 Å². The highest BCUT2D eigenvalue weighted by Gasteiger charge is 2.28. The first kappa shape index (κ1) is 19.6. The Morgan fingerprint density at radius 2 is 1.81 bits per heavy atom. The first-order chi connectivity index (χ1) is 15.1. The number of pyridine rings is 1. The molecule has 0 saturated carbocycles. The quantitative estimate of drug-likeness (QED) is 0.416. The maximum absolute atomic E-state index is 13.2. The Hall–Kier alpha value is -3.37. The molecule has 4 aromatic rings. The molecule has 5 heteroatoms. The summed E-state index contributed by atoms with van der Waals surface area (Å²) in [4.78, 5) is 22.0. The molecule has 0 fully saturated rings. The van der Waals surface area contributed by atoms with E-state index in [4.69, 9.17) is 16.4 Å². The monoisotopic (exact) mass is 428 g/mol. The van der Waals surface area contributed by atoms with Crippen LogP contribution in [0.25, 0.3) is 22.0 Å². The number of fused-ring (bicyclic) bond motifs is 1. The van der Waals surface area contributed by atoms with Gasteiger partial charge in [0.15, 0.2) is 6.10 Å². The molecule has 0 bridgehead atoms. The van der Waals surface area contributed by atoms with Gasteiger partial charge in [-0.25, -0.2) is 0 Å². The fraction of sp³-hybridized carbons (Fsp3) is 0.154. The lowest BCUT2D eigenvalue weighted by atomic mass is 9.91. The number of hydrogen-bond acceptors (Lipinski definition) is 3. The second kappa shape index (κ2) is 8.05. The van der Waals surface area contributed by atoms with Gasteiger partial charge in [-0.1, -0.05) is 78.3 Å². The molecule has 0 radical (unpaired) electrons. The van der Waals surface area contributed by atoms with E-state index >= 15 is 0 Å². The minimum atomic E-state index is -0.209. The number of nitrogens with zero attached hydrogens (tertiary/aromatic N) is 1. The molecule has 0 aliphatic carbocycles. The summed E-state index contributed by atoms with van der Waals surface area (Å²) in [7, 11) is 0. The van der Waals surface area contributed by atoms with Crippen LogP contribution in [0, 0.1) is 0 Å². The van der Waals surface area contributed by atoms with Gasteiger partial charge in [-0.05, 0) is 41.3 Å². The maximum atomic E-state index is 13.2. The van der Waals surface area contributed by atoms with Crippen LogP contribution in [0.3, 0.4) is 0 Å². The summed E-state index contributed by atoms with van der Waals surface area (Å²) in [5.41, 5.74) is 5.83. The Morgan fingerprint density at radius 3 is 2.55 bits per heavy atom. The molecule has 154 valence electrons. The van der Waals surface area contributed by atoms with Crippen LogP contribution in [0.4, 0.5) is 0 Å². The van der Waals surface area contributed by atoms with E-state index in [2.05, 4.69) is 41.3 Å². The summed E-state index contributed by atoms with van der Waals surface area (Å²) in [5.74, 6) is 0. The number of hydrogen-bond donors (Lipinski definition) is 1. The Bertz CT molecular complexity index is 1340. The number of H-pyrrole nitrogens is 1. The first-order valence-corrected chi connectivity index (χ1v) is 10.7. The van der Waals surface area contributed by atoms with Crippen molar-refractivity contribution in [1.29, 1.82) is 0 Å². The molecule has 1 aliphatic rings. The van der Waals surface area contributed by atoms with Crippen molar-refractivity contribution < 1.29 is 4.84 Å². The van der Waals surface area contributed by atoms with Crippen LogP contribution >= 0.6 is 11.6 Å². The Kier molecular flexibility index (Phi) is 5.08. The summed E-state index contributed by atoms with van der Waals surface area (Å²) in [6.07, 6.45) is 1.31. The lowest BCUT2D eigenvalue weighted by Gasteiger charge is -2.13. The lowest BCUT2D eigenvalue weighted by molar-refractivity contribution is 0.0857. The molecule has 1 N–H and O–H groups in total. The van der Waals surface area contributed by atoms with E-state index in [0.29, 0.717) is 22.7 Å². The normalized spacial score (nSPS) is 15.7. The van der Waals surface area contributed by atoms with Gasteiger partial charge in [0, 0.05) is 27.9 Å². The van der Waals surface area contributed by atoms with Gasteiger partial charge in [-0.15, -0.1) is 0 Å². The Labute approximate surface area is 185 Å². The topological polar surface area (TPSA) is 54.5 Å². The second-order valence-electron chi connectivity index (χ2n) is 7.69. The average Bonchev–Trinajstić information content (AvgIpc) is 3.29. The van der Waals surface area contributed by atoms with Crippen LogP contribution in [0.1, 0.15) is 36.1 Å². The van der Waals surface area contributed by atoms with Gasteiger partial charge in [0.25, 0.3) is 5.56 Å². The van der Waals surface area contributed by atoms with E-state index < -0.39 is 0 Å². The Balaban J connectivity index is 1.63. The molecule has 0 amide bonds. The van der Waals surface area contributed by atoms with E-state index in [0.717, 1.165) is 34.0 Å². The van der Waals surface area contributed by atoms with E-state index in [1.54, 1.807) is 6.07 Å². The molecule has 1 aliphatic heterocycles. The zero-order valence-corrected chi connectivity index (χ0v) is 17.8. The molecule has 0 unspecified atom stereocenters. The van der Waals surface area contributed by atoms with Crippen molar-refractivity contribution >= 4 is 28.2 Å². The van der Waals surface area contributed by atoms with Crippen LogP contribution in [0.5, 0.6) is 0 Å². The fourth-order valence-corrected chi connectivity index (χ4v) is 4.29. The number of aromatic nitrogens is 1. The fourth-order valence-electron chi connectivity index (χ4n) is 4.12. The molecule has 3 aromatic carbocycles. The van der Waals surface area contributed by atoms with Crippen molar-refractivity contribution in [3.05, 3.63) is 105 Å². The predicted octanol–water partition coefficient (Wildman–Crippen LogP) is 6.28. The molecule has 31 heavy (non-hydrogen) atoms. The number of benzene rings is 3. The summed E-state index contributed by atoms with van der Waals surface area (Å²) >= 11 is 6.31. The van der Waals surface area contributed by atoms with Crippen molar-refractivity contribution in [2.45, 2.75) is 25.9 Å². The van der Waals surface area contributed by atoms with Gasteiger partial charge in [-0.2, -0.15) is 0 Å². The Morgan fingerprint density at radius 1 is 1.03 bits per heavy atom. The van der Waals surface area contributed by atoms with Gasteiger partial charge >= 0.3 is 0 Å². The van der Waals surface area contributed by atoms with E-state index in [9.17, 15) is 4.79 Å². The van der Waals surface area contributed by atoms with Gasteiger partial charge < -0.3 is 9.82 Å². The molecular weight excluding hydrogens is 408 g/mol. The molecule has 1 aromatic heterocycles. The zero-order valence-electron chi connectivity index (χ0n) is 17.1. The number of rotatable bonds is 4. The minimum absolute atomic E-state index is 0.182. The van der Waals surface area contributed by atoms with Gasteiger partial charge in [0.2, 0.25) is 0 Å². The number of halogens is 1. The summed E-state index contributed by atoms with van der Waals surface area (Å²) in [5, 5.41) is 5.84. The van der Waals surface area contributed by atoms with Crippen molar-refractivity contribution in [3.63, 3.8) is 0 Å². The lowest BCUT2D eigenvalue weighted by Crippen LogP contribution is -2.20. The highest BCUT2D eigenvalue weighted by atomic mass is 35.5. The molecule has 1 atom stereocenters. The summed E-state index contributed by atoms with van der Waals surface area (Å²) < 4.78 is 0. The molecule has 0 spiro atoms. The van der Waals surface area contributed by atoms with Gasteiger partial charge in [0.1, 0.15) is 0 Å². The highest BCUT2D eigenvalue weighted by molar-refractivity contribution is 6.31. The van der Waals surface area contributed by atoms with Crippen molar-refractivity contribution in [2.24, 2.45) is 5.16 Å². The molecule has 2 heterocycles. The SMILES string of the molecule is CCc1ccc([C@@H]2CC(c3c(-c4ccccc4)c4cc(Cl)ccc4[nH]c3=O)=NO2)cc1. The van der Waals surface area contributed by atoms with Crippen LogP contribution in [-0.4, -0.2) is 10.7 Å². The van der Waals surface area contributed by atoms with Gasteiger partial charge in [-0.3, -0.25) is 4.79 Å². The number of oxime groups is 1. The van der Waals surface area contributed by atoms with E-state index in [1.165, 1.54) is 5.56 Å². The highest BCUT2D eigenvalue weighted by Crippen LogP contribution is 2.35. The van der Waals surface area contributed by atoms with Crippen molar-refractivity contribution in [3.8, 4) is 11.1 Å². The molecule has 5 rings (SSSR count). The molecular formula is C26H21ClN2O2. The van der Waals surface area contributed by atoms with Crippen LogP contribution in [0.15, 0.2) is 82.7 Å². The van der Waals surface area contributed by atoms with Gasteiger partial charge in [0.05, 0.1) is 11.3 Å². The third-order valence-corrected chi connectivity index (χ3v) is 5.99. The number of aromatic amines is 1. The summed E-state index contributed by atoms with van der Waals surface area (Å²) in [6.45, 7) is 2.13. The summed E-state index contributed by atoms with van der Waals surface area (Å²) in [6, 6.07) is 23.7.